The zero-order valence-electron chi connectivity index (χ0n) is 11.0. The Balaban J connectivity index is 1.80. The third kappa shape index (κ3) is 3.10. The summed E-state index contributed by atoms with van der Waals surface area (Å²) in [6.07, 6.45) is 4.65. The highest BCUT2D eigenvalue weighted by molar-refractivity contribution is 5.86. The molecule has 0 atom stereocenters. The second-order valence-corrected chi connectivity index (χ2v) is 5.36. The van der Waals surface area contributed by atoms with Crippen molar-refractivity contribution in [3.63, 3.8) is 0 Å². The van der Waals surface area contributed by atoms with E-state index < -0.39 is 5.54 Å². The highest BCUT2D eigenvalue weighted by atomic mass is 16.2. The summed E-state index contributed by atoms with van der Waals surface area (Å²) < 4.78 is 0. The standard InChI is InChI=1S/C15H22N2O/c1-12-5-4-6-13(11-12)7-10-17-14(18)15(16)8-2-3-9-15/h4-6,11H,2-3,7-10,16H2,1H3,(H,17,18). The summed E-state index contributed by atoms with van der Waals surface area (Å²) >= 11 is 0. The zero-order chi connectivity index (χ0) is 13.0. The van der Waals surface area contributed by atoms with E-state index in [2.05, 4.69) is 30.4 Å². The molecule has 0 saturated heterocycles. The molecule has 3 heteroatoms. The van der Waals surface area contributed by atoms with Crippen LogP contribution in [0.2, 0.25) is 0 Å². The van der Waals surface area contributed by atoms with Crippen LogP contribution in [-0.4, -0.2) is 18.0 Å². The van der Waals surface area contributed by atoms with Crippen molar-refractivity contribution in [3.8, 4) is 0 Å². The highest BCUT2D eigenvalue weighted by Gasteiger charge is 2.36. The topological polar surface area (TPSA) is 55.1 Å². The number of hydrogen-bond acceptors (Lipinski definition) is 2. The summed E-state index contributed by atoms with van der Waals surface area (Å²) in [5.41, 5.74) is 8.00. The van der Waals surface area contributed by atoms with Gasteiger partial charge in [0.15, 0.2) is 0 Å². The SMILES string of the molecule is Cc1cccc(CCNC(=O)C2(N)CCCC2)c1. The summed E-state index contributed by atoms with van der Waals surface area (Å²) in [4.78, 5) is 12.0. The molecule has 3 nitrogen and oxygen atoms in total. The van der Waals surface area contributed by atoms with Gasteiger partial charge in [-0.15, -0.1) is 0 Å². The number of amides is 1. The minimum Gasteiger partial charge on any atom is -0.354 e. The molecule has 1 aromatic carbocycles. The minimum atomic E-state index is -0.605. The summed E-state index contributed by atoms with van der Waals surface area (Å²) in [6.45, 7) is 2.75. The normalized spacial score (nSPS) is 17.7. The van der Waals surface area contributed by atoms with Gasteiger partial charge in [0.2, 0.25) is 5.91 Å². The number of benzene rings is 1. The quantitative estimate of drug-likeness (QED) is 0.853. The molecule has 1 aliphatic rings. The van der Waals surface area contributed by atoms with Crippen molar-refractivity contribution in [2.75, 3.05) is 6.54 Å². The van der Waals surface area contributed by atoms with Gasteiger partial charge in [0.1, 0.15) is 0 Å². The molecule has 1 saturated carbocycles. The number of nitrogens with one attached hydrogen (secondary N) is 1. The fourth-order valence-corrected chi connectivity index (χ4v) is 2.60. The number of nitrogens with two attached hydrogens (primary N) is 1. The average molecular weight is 246 g/mol. The van der Waals surface area contributed by atoms with Crippen molar-refractivity contribution in [1.29, 1.82) is 0 Å². The van der Waals surface area contributed by atoms with Crippen molar-refractivity contribution in [2.24, 2.45) is 5.73 Å². The molecule has 0 unspecified atom stereocenters. The lowest BCUT2D eigenvalue weighted by Crippen LogP contribution is -2.52. The molecule has 1 aliphatic carbocycles. The maximum Gasteiger partial charge on any atom is 0.240 e. The van der Waals surface area contributed by atoms with Crippen LogP contribution in [0.25, 0.3) is 0 Å². The molecule has 18 heavy (non-hydrogen) atoms. The van der Waals surface area contributed by atoms with Gasteiger partial charge >= 0.3 is 0 Å². The van der Waals surface area contributed by atoms with E-state index in [1.54, 1.807) is 0 Å². The maximum atomic E-state index is 12.0. The highest BCUT2D eigenvalue weighted by Crippen LogP contribution is 2.27. The van der Waals surface area contributed by atoms with E-state index >= 15 is 0 Å². The predicted molar refractivity (Wildman–Crippen MR) is 73.3 cm³/mol. The van der Waals surface area contributed by atoms with Crippen molar-refractivity contribution < 1.29 is 4.79 Å². The number of aryl methyl sites for hydroxylation is 1. The van der Waals surface area contributed by atoms with Crippen LogP contribution in [0.4, 0.5) is 0 Å². The second-order valence-electron chi connectivity index (χ2n) is 5.36. The first kappa shape index (κ1) is 13.1. The summed E-state index contributed by atoms with van der Waals surface area (Å²) in [5, 5.41) is 2.97. The molecular weight excluding hydrogens is 224 g/mol. The third-order valence-corrected chi connectivity index (χ3v) is 3.73. The van der Waals surface area contributed by atoms with Crippen LogP contribution >= 0.6 is 0 Å². The summed E-state index contributed by atoms with van der Waals surface area (Å²) in [7, 11) is 0. The van der Waals surface area contributed by atoms with Crippen LogP contribution in [0.5, 0.6) is 0 Å². The molecule has 2 rings (SSSR count). The van der Waals surface area contributed by atoms with Gasteiger partial charge < -0.3 is 11.1 Å². The van der Waals surface area contributed by atoms with Crippen molar-refractivity contribution in [1.82, 2.24) is 5.32 Å². The van der Waals surface area contributed by atoms with Crippen LogP contribution < -0.4 is 11.1 Å². The number of carbonyl (C=O) groups excluding carboxylic acids is 1. The molecule has 0 heterocycles. The van der Waals surface area contributed by atoms with Crippen LogP contribution in [0, 0.1) is 6.92 Å². The van der Waals surface area contributed by atoms with Gasteiger partial charge in [-0.3, -0.25) is 4.79 Å². The van der Waals surface area contributed by atoms with E-state index in [-0.39, 0.29) is 5.91 Å². The molecule has 0 aromatic heterocycles. The Morgan fingerprint density at radius 2 is 2.11 bits per heavy atom. The molecule has 0 spiro atoms. The van der Waals surface area contributed by atoms with E-state index in [0.717, 1.165) is 32.1 Å². The Kier molecular flexibility index (Phi) is 4.02. The second kappa shape index (κ2) is 5.53. The van der Waals surface area contributed by atoms with Crippen LogP contribution in [-0.2, 0) is 11.2 Å². The molecule has 0 radical (unpaired) electrons. The van der Waals surface area contributed by atoms with Crippen molar-refractivity contribution in [2.45, 2.75) is 44.6 Å². The largest absolute Gasteiger partial charge is 0.354 e. The van der Waals surface area contributed by atoms with Crippen molar-refractivity contribution >= 4 is 5.91 Å². The maximum absolute atomic E-state index is 12.0. The lowest BCUT2D eigenvalue weighted by atomic mass is 9.98. The Morgan fingerprint density at radius 3 is 2.78 bits per heavy atom. The van der Waals surface area contributed by atoms with E-state index in [4.69, 9.17) is 5.73 Å². The van der Waals surface area contributed by atoms with Crippen LogP contribution in [0.3, 0.4) is 0 Å². The van der Waals surface area contributed by atoms with Gasteiger partial charge in [0.05, 0.1) is 5.54 Å². The van der Waals surface area contributed by atoms with E-state index in [1.807, 2.05) is 6.07 Å². The van der Waals surface area contributed by atoms with Crippen LogP contribution in [0.1, 0.15) is 36.8 Å². The first-order valence-corrected chi connectivity index (χ1v) is 6.73. The van der Waals surface area contributed by atoms with Gasteiger partial charge in [0, 0.05) is 6.54 Å². The molecular formula is C15H22N2O. The Hall–Kier alpha value is -1.35. The monoisotopic (exact) mass is 246 g/mol. The first-order chi connectivity index (χ1) is 8.60. The van der Waals surface area contributed by atoms with E-state index in [0.29, 0.717) is 6.54 Å². The molecule has 0 aliphatic heterocycles. The van der Waals surface area contributed by atoms with Gasteiger partial charge in [-0.2, -0.15) is 0 Å². The summed E-state index contributed by atoms with van der Waals surface area (Å²) in [5.74, 6) is 0.0210. The van der Waals surface area contributed by atoms with Gasteiger partial charge in [-0.25, -0.2) is 0 Å². The zero-order valence-corrected chi connectivity index (χ0v) is 11.0. The Labute approximate surface area is 109 Å². The summed E-state index contributed by atoms with van der Waals surface area (Å²) in [6, 6.07) is 8.37. The lowest BCUT2D eigenvalue weighted by molar-refractivity contribution is -0.126. The fourth-order valence-electron chi connectivity index (χ4n) is 2.60. The minimum absolute atomic E-state index is 0.0210. The average Bonchev–Trinajstić information content (AvgIpc) is 2.77. The van der Waals surface area contributed by atoms with Gasteiger partial charge in [-0.05, 0) is 31.7 Å². The van der Waals surface area contributed by atoms with Gasteiger partial charge in [-0.1, -0.05) is 42.7 Å². The number of carbonyl (C=O) groups is 1. The molecule has 1 amide bonds. The smallest absolute Gasteiger partial charge is 0.240 e. The Morgan fingerprint density at radius 1 is 1.39 bits per heavy atom. The molecule has 1 aromatic rings. The first-order valence-electron chi connectivity index (χ1n) is 6.73. The van der Waals surface area contributed by atoms with Crippen molar-refractivity contribution in [3.05, 3.63) is 35.4 Å². The lowest BCUT2D eigenvalue weighted by Gasteiger charge is -2.22. The number of hydrogen-bond donors (Lipinski definition) is 2. The molecule has 3 N–H and O–H groups in total. The molecule has 0 bridgehead atoms. The molecule has 98 valence electrons. The fraction of sp³-hybridized carbons (Fsp3) is 0.533. The third-order valence-electron chi connectivity index (χ3n) is 3.73. The number of rotatable bonds is 4. The predicted octanol–water partition coefficient (Wildman–Crippen LogP) is 1.93. The van der Waals surface area contributed by atoms with Gasteiger partial charge in [0.25, 0.3) is 0 Å². The van der Waals surface area contributed by atoms with E-state index in [9.17, 15) is 4.79 Å². The van der Waals surface area contributed by atoms with E-state index in [1.165, 1.54) is 11.1 Å². The van der Waals surface area contributed by atoms with Crippen LogP contribution in [0.15, 0.2) is 24.3 Å². The molecule has 1 fully saturated rings. The Bertz CT molecular complexity index is 422.